The van der Waals surface area contributed by atoms with Crippen molar-refractivity contribution in [3.05, 3.63) is 35.9 Å². The molecule has 2 rings (SSSR count). The molecule has 1 saturated heterocycles. The highest BCUT2D eigenvalue weighted by molar-refractivity contribution is 5.87. The number of hydrogen-bond donors (Lipinski definition) is 1. The number of hydrogen-bond acceptors (Lipinski definition) is 3. The number of carbonyl (C=O) groups excluding carboxylic acids is 2. The molecule has 0 radical (unpaired) electrons. The van der Waals surface area contributed by atoms with Gasteiger partial charge in [0.2, 0.25) is 5.91 Å². The van der Waals surface area contributed by atoms with Crippen molar-refractivity contribution in [2.45, 2.75) is 51.7 Å². The SMILES string of the molecule is CC(C)(C)OC(=O)NC(C(=O)N1CCCCC1)c1ccccc1. The maximum atomic E-state index is 12.9. The first-order valence-corrected chi connectivity index (χ1v) is 8.20. The molecule has 126 valence electrons. The van der Waals surface area contributed by atoms with Crippen molar-refractivity contribution >= 4 is 12.0 Å². The highest BCUT2D eigenvalue weighted by atomic mass is 16.6. The molecule has 1 atom stereocenters. The van der Waals surface area contributed by atoms with Gasteiger partial charge in [0.15, 0.2) is 0 Å². The Hall–Kier alpha value is -2.04. The maximum Gasteiger partial charge on any atom is 0.408 e. The van der Waals surface area contributed by atoms with Crippen LogP contribution in [0.5, 0.6) is 0 Å². The van der Waals surface area contributed by atoms with E-state index in [0.717, 1.165) is 37.9 Å². The van der Waals surface area contributed by atoms with Crippen molar-refractivity contribution in [3.63, 3.8) is 0 Å². The molecule has 0 spiro atoms. The Bertz CT molecular complexity index is 531. The summed E-state index contributed by atoms with van der Waals surface area (Å²) in [4.78, 5) is 26.8. The molecule has 2 amide bonds. The maximum absolute atomic E-state index is 12.9. The monoisotopic (exact) mass is 318 g/mol. The van der Waals surface area contributed by atoms with Gasteiger partial charge in [-0.25, -0.2) is 4.79 Å². The number of alkyl carbamates (subject to hydrolysis) is 1. The second-order valence-corrected chi connectivity index (χ2v) is 6.88. The number of nitrogens with one attached hydrogen (secondary N) is 1. The highest BCUT2D eigenvalue weighted by Crippen LogP contribution is 2.20. The van der Waals surface area contributed by atoms with Crippen LogP contribution in [0, 0.1) is 0 Å². The Morgan fingerprint density at radius 2 is 1.70 bits per heavy atom. The normalized spacial score (nSPS) is 16.6. The predicted octanol–water partition coefficient (Wildman–Crippen LogP) is 3.26. The first-order valence-electron chi connectivity index (χ1n) is 8.20. The topological polar surface area (TPSA) is 58.6 Å². The molecule has 1 N–H and O–H groups in total. The van der Waals surface area contributed by atoms with Crippen LogP contribution in [-0.2, 0) is 9.53 Å². The van der Waals surface area contributed by atoms with Crippen LogP contribution in [0.25, 0.3) is 0 Å². The predicted molar refractivity (Wildman–Crippen MR) is 89.0 cm³/mol. The summed E-state index contributed by atoms with van der Waals surface area (Å²) in [5, 5.41) is 2.73. The standard InChI is InChI=1S/C18H26N2O3/c1-18(2,3)23-17(22)19-15(14-10-6-4-7-11-14)16(21)20-12-8-5-9-13-20/h4,6-7,10-11,15H,5,8-9,12-13H2,1-3H3,(H,19,22). The van der Waals surface area contributed by atoms with Gasteiger partial charge in [0.05, 0.1) is 0 Å². The lowest BCUT2D eigenvalue weighted by atomic mass is 10.0. The van der Waals surface area contributed by atoms with E-state index >= 15 is 0 Å². The van der Waals surface area contributed by atoms with Crippen LogP contribution >= 0.6 is 0 Å². The van der Waals surface area contributed by atoms with E-state index in [1.165, 1.54) is 0 Å². The van der Waals surface area contributed by atoms with E-state index in [9.17, 15) is 9.59 Å². The van der Waals surface area contributed by atoms with Crippen molar-refractivity contribution < 1.29 is 14.3 Å². The van der Waals surface area contributed by atoms with Gasteiger partial charge in [-0.05, 0) is 45.6 Å². The summed E-state index contributed by atoms with van der Waals surface area (Å²) in [6.07, 6.45) is 2.61. The quantitative estimate of drug-likeness (QED) is 0.930. The number of ether oxygens (including phenoxy) is 1. The number of piperidine rings is 1. The van der Waals surface area contributed by atoms with Crippen LogP contribution in [0.2, 0.25) is 0 Å². The van der Waals surface area contributed by atoms with Gasteiger partial charge in [0.25, 0.3) is 0 Å². The second kappa shape index (κ2) is 7.49. The Morgan fingerprint density at radius 1 is 1.09 bits per heavy atom. The van der Waals surface area contributed by atoms with Crippen molar-refractivity contribution in [1.82, 2.24) is 10.2 Å². The zero-order chi connectivity index (χ0) is 16.9. The molecular formula is C18H26N2O3. The summed E-state index contributed by atoms with van der Waals surface area (Å²) in [6.45, 7) is 6.90. The third-order valence-electron chi connectivity index (χ3n) is 3.71. The fraction of sp³-hybridized carbons (Fsp3) is 0.556. The third kappa shape index (κ3) is 5.27. The van der Waals surface area contributed by atoms with Gasteiger partial charge in [-0.2, -0.15) is 0 Å². The van der Waals surface area contributed by atoms with Crippen LogP contribution in [0.3, 0.4) is 0 Å². The Labute approximate surface area is 138 Å². The molecular weight excluding hydrogens is 292 g/mol. The minimum atomic E-state index is -0.704. The minimum Gasteiger partial charge on any atom is -0.444 e. The van der Waals surface area contributed by atoms with Gasteiger partial charge in [-0.3, -0.25) is 4.79 Å². The molecule has 1 fully saturated rings. The largest absolute Gasteiger partial charge is 0.444 e. The van der Waals surface area contributed by atoms with Gasteiger partial charge >= 0.3 is 6.09 Å². The molecule has 1 aliphatic heterocycles. The third-order valence-corrected chi connectivity index (χ3v) is 3.71. The molecule has 0 aromatic heterocycles. The van der Waals surface area contributed by atoms with Gasteiger partial charge in [0.1, 0.15) is 11.6 Å². The second-order valence-electron chi connectivity index (χ2n) is 6.88. The molecule has 0 aliphatic carbocycles. The number of likely N-dealkylation sites (tertiary alicyclic amines) is 1. The van der Waals surface area contributed by atoms with Crippen molar-refractivity contribution in [2.24, 2.45) is 0 Å². The zero-order valence-corrected chi connectivity index (χ0v) is 14.2. The molecule has 1 heterocycles. The Morgan fingerprint density at radius 3 is 2.26 bits per heavy atom. The molecule has 5 nitrogen and oxygen atoms in total. The molecule has 1 unspecified atom stereocenters. The van der Waals surface area contributed by atoms with E-state index in [4.69, 9.17) is 4.74 Å². The Balaban J connectivity index is 2.15. The van der Waals surface area contributed by atoms with Crippen molar-refractivity contribution in [2.75, 3.05) is 13.1 Å². The van der Waals surface area contributed by atoms with Crippen LogP contribution in [0.15, 0.2) is 30.3 Å². The number of nitrogens with zero attached hydrogens (tertiary/aromatic N) is 1. The summed E-state index contributed by atoms with van der Waals surface area (Å²) >= 11 is 0. The first-order chi connectivity index (χ1) is 10.9. The average molecular weight is 318 g/mol. The smallest absolute Gasteiger partial charge is 0.408 e. The number of amides is 2. The van der Waals surface area contributed by atoms with Gasteiger partial charge in [-0.1, -0.05) is 30.3 Å². The lowest BCUT2D eigenvalue weighted by Crippen LogP contribution is -2.46. The van der Waals surface area contributed by atoms with Crippen LogP contribution in [0.4, 0.5) is 4.79 Å². The molecule has 1 aliphatic rings. The van der Waals surface area contributed by atoms with E-state index in [0.29, 0.717) is 0 Å². The zero-order valence-electron chi connectivity index (χ0n) is 14.2. The number of rotatable bonds is 3. The van der Waals surface area contributed by atoms with E-state index in [1.54, 1.807) is 20.8 Å². The lowest BCUT2D eigenvalue weighted by molar-refractivity contribution is -0.134. The van der Waals surface area contributed by atoms with Crippen LogP contribution in [0.1, 0.15) is 51.6 Å². The van der Waals surface area contributed by atoms with E-state index in [2.05, 4.69) is 5.32 Å². The fourth-order valence-electron chi connectivity index (χ4n) is 2.66. The molecule has 1 aromatic carbocycles. The van der Waals surface area contributed by atoms with Gasteiger partial charge in [-0.15, -0.1) is 0 Å². The van der Waals surface area contributed by atoms with E-state index < -0.39 is 17.7 Å². The summed E-state index contributed by atoms with van der Waals surface area (Å²) in [5.74, 6) is -0.0678. The molecule has 23 heavy (non-hydrogen) atoms. The molecule has 5 heteroatoms. The number of benzene rings is 1. The van der Waals surface area contributed by atoms with E-state index in [-0.39, 0.29) is 5.91 Å². The Kier molecular flexibility index (Phi) is 5.64. The van der Waals surface area contributed by atoms with Crippen molar-refractivity contribution in [1.29, 1.82) is 0 Å². The van der Waals surface area contributed by atoms with Crippen LogP contribution in [-0.4, -0.2) is 35.6 Å². The highest BCUT2D eigenvalue weighted by Gasteiger charge is 2.29. The minimum absolute atomic E-state index is 0.0678. The summed E-state index contributed by atoms with van der Waals surface area (Å²) in [5.41, 5.74) is 0.174. The molecule has 0 saturated carbocycles. The first kappa shape index (κ1) is 17.3. The molecule has 1 aromatic rings. The fourth-order valence-corrected chi connectivity index (χ4v) is 2.66. The van der Waals surface area contributed by atoms with E-state index in [1.807, 2.05) is 35.2 Å². The summed E-state index contributed by atoms with van der Waals surface area (Å²) < 4.78 is 5.31. The van der Waals surface area contributed by atoms with Crippen LogP contribution < -0.4 is 5.32 Å². The number of carbonyl (C=O) groups is 2. The van der Waals surface area contributed by atoms with Crippen molar-refractivity contribution in [3.8, 4) is 0 Å². The summed E-state index contributed by atoms with van der Waals surface area (Å²) in [6, 6.07) is 8.61. The lowest BCUT2D eigenvalue weighted by Gasteiger charge is -2.31. The average Bonchev–Trinajstić information content (AvgIpc) is 2.52. The summed E-state index contributed by atoms with van der Waals surface area (Å²) in [7, 11) is 0. The molecule has 0 bridgehead atoms. The van der Waals surface area contributed by atoms with Gasteiger partial charge in [0, 0.05) is 13.1 Å². The van der Waals surface area contributed by atoms with Gasteiger partial charge < -0.3 is 15.0 Å².